The molecular formula is C12H18ClN3O3. The maximum Gasteiger partial charge on any atom is 0.310 e. The van der Waals surface area contributed by atoms with Crippen LogP contribution in [0.4, 0.5) is 0 Å². The number of carbonyl (C=O) groups is 1. The number of aromatic nitrogens is 2. The number of carboxylic acids is 1. The molecule has 1 aliphatic rings. The molecule has 1 saturated heterocycles. The van der Waals surface area contributed by atoms with Crippen LogP contribution >= 0.6 is 11.6 Å². The Kier molecular flexibility index (Phi) is 4.13. The molecule has 0 aliphatic carbocycles. The largest absolute Gasteiger partial charge is 0.481 e. The Morgan fingerprint density at radius 3 is 2.84 bits per heavy atom. The summed E-state index contributed by atoms with van der Waals surface area (Å²) in [5.74, 6) is -1.31. The number of ether oxygens (including phenoxy) is 1. The van der Waals surface area contributed by atoms with E-state index in [0.29, 0.717) is 18.2 Å². The van der Waals surface area contributed by atoms with Crippen molar-refractivity contribution in [2.75, 3.05) is 20.3 Å². The maximum absolute atomic E-state index is 11.2. The minimum atomic E-state index is -0.818. The Morgan fingerprint density at radius 2 is 2.32 bits per heavy atom. The van der Waals surface area contributed by atoms with Crippen LogP contribution in [0.5, 0.6) is 0 Å². The van der Waals surface area contributed by atoms with Crippen LogP contribution in [0, 0.1) is 12.8 Å². The van der Waals surface area contributed by atoms with Gasteiger partial charge in [0.1, 0.15) is 0 Å². The van der Waals surface area contributed by atoms with Crippen molar-refractivity contribution in [3.05, 3.63) is 16.4 Å². The van der Waals surface area contributed by atoms with Crippen molar-refractivity contribution >= 4 is 17.6 Å². The van der Waals surface area contributed by atoms with Crippen LogP contribution in [0.3, 0.4) is 0 Å². The second-order valence-corrected chi connectivity index (χ2v) is 5.31. The summed E-state index contributed by atoms with van der Waals surface area (Å²) in [5, 5.41) is 14.1. The summed E-state index contributed by atoms with van der Waals surface area (Å²) in [6.45, 7) is 3.10. The summed E-state index contributed by atoms with van der Waals surface area (Å²) in [6.07, 6.45) is 0. The SMILES string of the molecule is Cc1nn(C)c(CN(C)C2COCC2C(=O)O)c1Cl. The highest BCUT2D eigenvalue weighted by molar-refractivity contribution is 6.31. The second-order valence-electron chi connectivity index (χ2n) is 4.93. The molecule has 0 bridgehead atoms. The number of hydrogen-bond donors (Lipinski definition) is 1. The van der Waals surface area contributed by atoms with E-state index in [9.17, 15) is 4.79 Å². The first kappa shape index (κ1) is 14.3. The van der Waals surface area contributed by atoms with Crippen molar-refractivity contribution in [3.8, 4) is 0 Å². The van der Waals surface area contributed by atoms with Crippen LogP contribution in [0.1, 0.15) is 11.4 Å². The third-order valence-electron chi connectivity index (χ3n) is 3.59. The lowest BCUT2D eigenvalue weighted by atomic mass is 10.0. The van der Waals surface area contributed by atoms with Gasteiger partial charge in [0.2, 0.25) is 0 Å². The summed E-state index contributed by atoms with van der Waals surface area (Å²) in [7, 11) is 3.72. The van der Waals surface area contributed by atoms with Crippen LogP contribution in [-0.4, -0.2) is 52.1 Å². The number of nitrogens with zero attached hydrogens (tertiary/aromatic N) is 3. The van der Waals surface area contributed by atoms with Gasteiger partial charge in [0.15, 0.2) is 0 Å². The quantitative estimate of drug-likeness (QED) is 0.892. The topological polar surface area (TPSA) is 67.6 Å². The molecule has 0 amide bonds. The van der Waals surface area contributed by atoms with Crippen LogP contribution in [-0.2, 0) is 23.1 Å². The fourth-order valence-corrected chi connectivity index (χ4v) is 2.64. The lowest BCUT2D eigenvalue weighted by Crippen LogP contribution is -2.40. The van der Waals surface area contributed by atoms with Crippen LogP contribution < -0.4 is 0 Å². The van der Waals surface area contributed by atoms with E-state index in [1.807, 2.05) is 25.9 Å². The third-order valence-corrected chi connectivity index (χ3v) is 4.09. The van der Waals surface area contributed by atoms with Gasteiger partial charge in [-0.05, 0) is 14.0 Å². The maximum atomic E-state index is 11.2. The zero-order valence-corrected chi connectivity index (χ0v) is 12.0. The molecule has 0 spiro atoms. The average molecular weight is 288 g/mol. The van der Waals surface area contributed by atoms with Crippen molar-refractivity contribution in [3.63, 3.8) is 0 Å². The fraction of sp³-hybridized carbons (Fsp3) is 0.667. The average Bonchev–Trinajstić information content (AvgIpc) is 2.90. The molecule has 6 nitrogen and oxygen atoms in total. The first-order chi connectivity index (χ1) is 8.91. The van der Waals surface area contributed by atoms with E-state index in [-0.39, 0.29) is 12.6 Å². The van der Waals surface area contributed by atoms with E-state index in [4.69, 9.17) is 21.4 Å². The molecule has 7 heteroatoms. The Morgan fingerprint density at radius 1 is 1.63 bits per heavy atom. The number of halogens is 1. The molecule has 1 aromatic heterocycles. The molecule has 1 aliphatic heterocycles. The van der Waals surface area contributed by atoms with E-state index in [0.717, 1.165) is 11.4 Å². The number of likely N-dealkylation sites (N-methyl/N-ethyl adjacent to an activating group) is 1. The molecule has 1 N–H and O–H groups in total. The standard InChI is InChI=1S/C12H18ClN3O3/c1-7-11(13)9(16(3)14-7)4-15(2)10-6-19-5-8(10)12(17)18/h8,10H,4-6H2,1-3H3,(H,17,18). The summed E-state index contributed by atoms with van der Waals surface area (Å²) < 4.78 is 7.01. The van der Waals surface area contributed by atoms with Crippen LogP contribution in [0.2, 0.25) is 5.02 Å². The highest BCUT2D eigenvalue weighted by Gasteiger charge is 2.37. The monoisotopic (exact) mass is 287 g/mol. The normalized spacial score (nSPS) is 23.2. The van der Waals surface area contributed by atoms with Gasteiger partial charge in [-0.2, -0.15) is 5.10 Å². The minimum Gasteiger partial charge on any atom is -0.481 e. The molecule has 2 heterocycles. The Bertz CT molecular complexity index is 489. The highest BCUT2D eigenvalue weighted by Crippen LogP contribution is 2.24. The lowest BCUT2D eigenvalue weighted by Gasteiger charge is -2.26. The van der Waals surface area contributed by atoms with Gasteiger partial charge >= 0.3 is 5.97 Å². The predicted molar refractivity (Wildman–Crippen MR) is 70.2 cm³/mol. The first-order valence-electron chi connectivity index (χ1n) is 6.10. The van der Waals surface area contributed by atoms with Gasteiger partial charge in [0.25, 0.3) is 0 Å². The van der Waals surface area contributed by atoms with Gasteiger partial charge in [-0.25, -0.2) is 0 Å². The Labute approximate surface area is 116 Å². The molecule has 2 rings (SSSR count). The van der Waals surface area contributed by atoms with E-state index < -0.39 is 11.9 Å². The Hall–Kier alpha value is -1.11. The Balaban J connectivity index is 2.12. The molecule has 2 atom stereocenters. The van der Waals surface area contributed by atoms with Crippen molar-refractivity contribution < 1.29 is 14.6 Å². The summed E-state index contributed by atoms with van der Waals surface area (Å²) >= 11 is 6.21. The number of aryl methyl sites for hydroxylation is 2. The van der Waals surface area contributed by atoms with E-state index in [1.165, 1.54) is 0 Å². The van der Waals surface area contributed by atoms with Gasteiger partial charge in [0.05, 0.1) is 35.5 Å². The molecule has 19 heavy (non-hydrogen) atoms. The third kappa shape index (κ3) is 2.75. The smallest absolute Gasteiger partial charge is 0.310 e. The number of rotatable bonds is 4. The fourth-order valence-electron chi connectivity index (χ4n) is 2.42. The van der Waals surface area contributed by atoms with Gasteiger partial charge in [0, 0.05) is 19.6 Å². The predicted octanol–water partition coefficient (Wildman–Crippen LogP) is 0.913. The molecule has 1 aromatic rings. The lowest BCUT2D eigenvalue weighted by molar-refractivity contribution is -0.143. The molecule has 0 radical (unpaired) electrons. The molecule has 0 saturated carbocycles. The van der Waals surface area contributed by atoms with Crippen molar-refractivity contribution in [2.45, 2.75) is 19.5 Å². The number of carboxylic acid groups (broad SMARTS) is 1. The molecular weight excluding hydrogens is 270 g/mol. The summed E-state index contributed by atoms with van der Waals surface area (Å²) in [5.41, 5.74) is 1.67. The second kappa shape index (κ2) is 5.48. The van der Waals surface area contributed by atoms with Crippen molar-refractivity contribution in [1.82, 2.24) is 14.7 Å². The number of aliphatic carboxylic acids is 1. The van der Waals surface area contributed by atoms with Gasteiger partial charge in [-0.3, -0.25) is 14.4 Å². The van der Waals surface area contributed by atoms with Crippen LogP contribution in [0.25, 0.3) is 0 Å². The van der Waals surface area contributed by atoms with E-state index in [2.05, 4.69) is 5.10 Å². The van der Waals surface area contributed by atoms with Gasteiger partial charge < -0.3 is 9.84 Å². The summed E-state index contributed by atoms with van der Waals surface area (Å²) in [4.78, 5) is 13.1. The van der Waals surface area contributed by atoms with Crippen molar-refractivity contribution in [1.29, 1.82) is 0 Å². The van der Waals surface area contributed by atoms with Crippen molar-refractivity contribution in [2.24, 2.45) is 13.0 Å². The van der Waals surface area contributed by atoms with E-state index >= 15 is 0 Å². The zero-order valence-electron chi connectivity index (χ0n) is 11.3. The van der Waals surface area contributed by atoms with E-state index in [1.54, 1.807) is 4.68 Å². The molecule has 106 valence electrons. The minimum absolute atomic E-state index is 0.135. The zero-order chi connectivity index (χ0) is 14.2. The molecule has 1 fully saturated rings. The van der Waals surface area contributed by atoms with Crippen LogP contribution in [0.15, 0.2) is 0 Å². The van der Waals surface area contributed by atoms with Gasteiger partial charge in [-0.15, -0.1) is 0 Å². The van der Waals surface area contributed by atoms with Gasteiger partial charge in [-0.1, -0.05) is 11.6 Å². The highest BCUT2D eigenvalue weighted by atomic mass is 35.5. The molecule has 2 unspecified atom stereocenters. The number of hydrogen-bond acceptors (Lipinski definition) is 4. The first-order valence-corrected chi connectivity index (χ1v) is 6.48. The summed E-state index contributed by atoms with van der Waals surface area (Å²) in [6, 6.07) is -0.135. The molecule has 0 aromatic carbocycles.